The van der Waals surface area contributed by atoms with E-state index in [0.29, 0.717) is 6.42 Å². The zero-order valence-corrected chi connectivity index (χ0v) is 44.6. The van der Waals surface area contributed by atoms with Crippen molar-refractivity contribution in [3.63, 3.8) is 0 Å². The summed E-state index contributed by atoms with van der Waals surface area (Å²) in [6, 6.07) is -13.3. The number of carbonyl (C=O) groups excluding carboxylic acids is 9. The number of aliphatic hydroxyl groups is 4. The Morgan fingerprint density at radius 3 is 1.28 bits per heavy atom. The summed E-state index contributed by atoms with van der Waals surface area (Å²) in [5, 5.41) is 72.5. The number of hydrogen-bond acceptors (Lipinski definition) is 16. The first-order valence-electron chi connectivity index (χ1n) is 24.6. The van der Waals surface area contributed by atoms with Gasteiger partial charge in [-0.05, 0) is 70.6 Å². The molecule has 0 unspecified atom stereocenters. The van der Waals surface area contributed by atoms with Crippen LogP contribution in [0.3, 0.4) is 0 Å². The van der Waals surface area contributed by atoms with Gasteiger partial charge in [-0.2, -0.15) is 0 Å². The Labute approximate surface area is 432 Å². The third-order valence-corrected chi connectivity index (χ3v) is 11.6. The van der Waals surface area contributed by atoms with Gasteiger partial charge in [0.25, 0.3) is 0 Å². The minimum absolute atomic E-state index is 0.0429. The predicted molar refractivity (Wildman–Crippen MR) is 269 cm³/mol. The summed E-state index contributed by atoms with van der Waals surface area (Å²) in [5.74, 6) is -12.2. The Morgan fingerprint density at radius 2 is 0.878 bits per heavy atom. The monoisotopic (exact) mass is 1060 g/mol. The van der Waals surface area contributed by atoms with Crippen molar-refractivity contribution in [3.8, 4) is 0 Å². The van der Waals surface area contributed by atoms with Gasteiger partial charge in [0.2, 0.25) is 53.2 Å². The maximum absolute atomic E-state index is 13.7. The van der Waals surface area contributed by atoms with Gasteiger partial charge in [0, 0.05) is 6.54 Å². The number of amides is 9. The maximum atomic E-state index is 13.7. The average Bonchev–Trinajstić information content (AvgIpc) is 3.29. The number of carbonyl (C=O) groups is 10. The fraction of sp³-hybridized carbons (Fsp3) is 0.761. The molecule has 0 aliphatic carbocycles. The third kappa shape index (κ3) is 23.8. The molecule has 74 heavy (non-hydrogen) atoms. The van der Waals surface area contributed by atoms with E-state index in [1.165, 1.54) is 27.7 Å². The van der Waals surface area contributed by atoms with Crippen molar-refractivity contribution in [2.24, 2.45) is 45.9 Å². The van der Waals surface area contributed by atoms with Crippen LogP contribution in [0.25, 0.3) is 0 Å². The lowest BCUT2D eigenvalue weighted by atomic mass is 9.96. The lowest BCUT2D eigenvalue weighted by Crippen LogP contribution is -2.64. The Hall–Kier alpha value is -6.23. The van der Waals surface area contributed by atoms with Crippen LogP contribution >= 0.6 is 0 Å². The van der Waals surface area contributed by atoms with Crippen molar-refractivity contribution in [1.82, 2.24) is 47.9 Å². The second-order valence-electron chi connectivity index (χ2n) is 19.6. The summed E-state index contributed by atoms with van der Waals surface area (Å²) >= 11 is 0. The Morgan fingerprint density at radius 1 is 0.486 bits per heavy atom. The molecule has 0 aliphatic heterocycles. The highest BCUT2D eigenvalue weighted by Crippen LogP contribution is 2.13. The van der Waals surface area contributed by atoms with Crippen molar-refractivity contribution >= 4 is 65.1 Å². The van der Waals surface area contributed by atoms with Crippen LogP contribution in [0.2, 0.25) is 0 Å². The highest BCUT2D eigenvalue weighted by Gasteiger charge is 2.39. The molecule has 0 aromatic heterocycles. The van der Waals surface area contributed by atoms with Gasteiger partial charge in [0.15, 0.2) is 5.96 Å². The molecule has 14 atom stereocenters. The van der Waals surface area contributed by atoms with Gasteiger partial charge in [-0.1, -0.05) is 61.8 Å². The van der Waals surface area contributed by atoms with Crippen molar-refractivity contribution in [2.45, 2.75) is 188 Å². The number of hydrogen-bond donors (Lipinski definition) is 17. The van der Waals surface area contributed by atoms with Gasteiger partial charge in [-0.3, -0.25) is 48.1 Å². The van der Waals surface area contributed by atoms with Crippen molar-refractivity contribution in [1.29, 1.82) is 0 Å². The number of rotatable bonds is 33. The van der Waals surface area contributed by atoms with E-state index >= 15 is 0 Å². The van der Waals surface area contributed by atoms with Gasteiger partial charge in [-0.25, -0.2) is 4.79 Å². The second kappa shape index (κ2) is 32.8. The van der Waals surface area contributed by atoms with Gasteiger partial charge in [0.1, 0.15) is 54.4 Å². The molecule has 0 spiro atoms. The summed E-state index contributed by atoms with van der Waals surface area (Å²) in [4.78, 5) is 136. The number of nitrogens with zero attached hydrogens (tertiary/aromatic N) is 1. The number of aliphatic hydroxyl groups excluding tert-OH is 4. The topological polar surface area (TPSA) is 471 Å². The molecule has 0 radical (unpaired) electrons. The van der Waals surface area contributed by atoms with Crippen molar-refractivity contribution < 1.29 is 73.5 Å². The van der Waals surface area contributed by atoms with Crippen LogP contribution in [0.15, 0.2) is 4.99 Å². The predicted octanol–water partition coefficient (Wildman–Crippen LogP) is -5.63. The van der Waals surface area contributed by atoms with Crippen molar-refractivity contribution in [2.75, 3.05) is 13.1 Å². The van der Waals surface area contributed by atoms with E-state index < -0.39 is 162 Å². The number of carboxylic acids is 1. The van der Waals surface area contributed by atoms with Gasteiger partial charge in [0.05, 0.1) is 31.0 Å². The van der Waals surface area contributed by atoms with Gasteiger partial charge >= 0.3 is 5.97 Å². The molecule has 0 fully saturated rings. The van der Waals surface area contributed by atoms with Crippen LogP contribution in [0.1, 0.15) is 109 Å². The summed E-state index contributed by atoms with van der Waals surface area (Å²) in [5.41, 5.74) is 16.5. The number of guanidine groups is 1. The van der Waals surface area contributed by atoms with Crippen LogP contribution in [-0.4, -0.2) is 183 Å². The molecule has 9 amide bonds. The van der Waals surface area contributed by atoms with Crippen LogP contribution in [-0.2, 0) is 47.9 Å². The second-order valence-corrected chi connectivity index (χ2v) is 19.6. The van der Waals surface area contributed by atoms with E-state index in [2.05, 4.69) is 52.8 Å². The third-order valence-electron chi connectivity index (χ3n) is 11.6. The van der Waals surface area contributed by atoms with E-state index in [9.17, 15) is 73.5 Å². The molecule has 20 N–H and O–H groups in total. The summed E-state index contributed by atoms with van der Waals surface area (Å²) in [6.07, 6.45) is -5.54. The Bertz CT molecular complexity index is 1930. The highest BCUT2D eigenvalue weighted by atomic mass is 16.4. The average molecular weight is 1060 g/mol. The quantitative estimate of drug-likeness (QED) is 0.0165. The summed E-state index contributed by atoms with van der Waals surface area (Å²) in [7, 11) is 0. The molecule has 0 saturated carbocycles. The minimum atomic E-state index is -1.75. The lowest BCUT2D eigenvalue weighted by Gasteiger charge is -2.31. The molecule has 0 heterocycles. The Kier molecular flexibility index (Phi) is 30.1. The molecule has 28 nitrogen and oxygen atoms in total. The SMILES string of the molecule is CC[C@H](C)[C@H](NC(=O)[C@@H](NC(=O)[C@@H](N)[C@@H](C)O)[C@@H](C)O)C(=O)N[C@H](C(=O)N[C@H](C(=O)N[C@H](C(=O)NCC(=O)N[C@@H](CCCN=C(N)N)C(=O)N[C@H](C(=O)N[C@@H](CC(C)C)C(=O)O)C(C)C)[C@@H](C)O)C(C)C)[C@@H](C)O. The maximum Gasteiger partial charge on any atom is 0.326 e. The van der Waals surface area contributed by atoms with Gasteiger partial charge < -0.3 is 90.6 Å². The fourth-order valence-corrected chi connectivity index (χ4v) is 6.93. The zero-order valence-electron chi connectivity index (χ0n) is 44.6. The normalized spacial score (nSPS) is 17.1. The van der Waals surface area contributed by atoms with Crippen LogP contribution in [0.4, 0.5) is 0 Å². The van der Waals surface area contributed by atoms with E-state index in [4.69, 9.17) is 17.2 Å². The number of aliphatic carboxylic acids is 1. The first-order chi connectivity index (χ1) is 34.2. The van der Waals surface area contributed by atoms with Crippen molar-refractivity contribution in [3.05, 3.63) is 0 Å². The lowest BCUT2D eigenvalue weighted by molar-refractivity contribution is -0.143. The first-order valence-corrected chi connectivity index (χ1v) is 24.6. The number of aliphatic imine (C=N–C) groups is 1. The molecule has 0 aromatic carbocycles. The molecule has 0 bridgehead atoms. The minimum Gasteiger partial charge on any atom is -0.480 e. The smallest absolute Gasteiger partial charge is 0.326 e. The van der Waals surface area contributed by atoms with E-state index in [0.717, 1.165) is 13.8 Å². The van der Waals surface area contributed by atoms with Crippen LogP contribution in [0.5, 0.6) is 0 Å². The largest absolute Gasteiger partial charge is 0.480 e. The number of carboxylic acid groups (broad SMARTS) is 1. The molecule has 424 valence electrons. The molecular formula is C46H85N13O15. The molecule has 0 saturated heterocycles. The molecule has 28 heteroatoms. The first kappa shape index (κ1) is 67.8. The molecule has 0 rings (SSSR count). The zero-order chi connectivity index (χ0) is 57.5. The summed E-state index contributed by atoms with van der Waals surface area (Å²) in [6.45, 7) is 17.1. The number of nitrogens with one attached hydrogen (secondary N) is 9. The number of nitrogens with two attached hydrogens (primary N) is 3. The highest BCUT2D eigenvalue weighted by molar-refractivity contribution is 5.98. The van der Waals surface area contributed by atoms with Crippen LogP contribution < -0.4 is 65.1 Å². The summed E-state index contributed by atoms with van der Waals surface area (Å²) < 4.78 is 0. The Balaban J connectivity index is 6.25. The van der Waals surface area contributed by atoms with E-state index in [1.54, 1.807) is 41.5 Å². The standard InChI is InChI=1S/C46H85N13O15/c1-13-22(8)33(56-44(72)35(25(11)62)57-38(66)30(47)23(9)60)42(70)59-36(26(12)63)43(71)55-32(21(6)7)41(69)58-34(24(10)61)39(67)51-18-29(64)52-27(15-14-16-50-46(48)49)37(65)54-31(20(4)5)40(68)53-28(45(73)74)17-19(2)3/h19-28,30-36,60-63H,13-18,47H2,1-12H3,(H,51,67)(H,52,64)(H,53,68)(H,54,65)(H,55,71)(H,56,72)(H,57,66)(H,58,69)(H,59,70)(H,73,74)(H4,48,49,50)/t22-,23+,24+,25+,26+,27-,28-,30-,31-,32-,33-,34-,35-,36-/m0/s1. The molecule has 0 aromatic rings. The fourth-order valence-electron chi connectivity index (χ4n) is 6.93. The van der Waals surface area contributed by atoms with E-state index in [1.807, 2.05) is 0 Å². The van der Waals surface area contributed by atoms with E-state index in [-0.39, 0.29) is 37.7 Å². The van der Waals surface area contributed by atoms with Crippen LogP contribution in [0, 0.1) is 23.7 Å². The molecular weight excluding hydrogens is 975 g/mol. The molecule has 0 aliphatic rings. The van der Waals surface area contributed by atoms with Gasteiger partial charge in [-0.15, -0.1) is 0 Å².